The molecule has 1 aromatic heterocycles. The molecule has 3 rings (SSSR count). The summed E-state index contributed by atoms with van der Waals surface area (Å²) in [6.07, 6.45) is 3.63. The van der Waals surface area contributed by atoms with E-state index in [2.05, 4.69) is 10.4 Å². The van der Waals surface area contributed by atoms with Gasteiger partial charge in [0.1, 0.15) is 11.3 Å². The van der Waals surface area contributed by atoms with Crippen LogP contribution < -0.4 is 10.1 Å². The van der Waals surface area contributed by atoms with E-state index < -0.39 is 5.97 Å². The number of para-hydroxylation sites is 1. The van der Waals surface area contributed by atoms with Gasteiger partial charge in [-0.25, -0.2) is 14.3 Å². The first-order valence-corrected chi connectivity index (χ1v) is 9.35. The monoisotopic (exact) mass is 408 g/mol. The summed E-state index contributed by atoms with van der Waals surface area (Å²) in [7, 11) is 4.51. The maximum absolute atomic E-state index is 12.5. The maximum atomic E-state index is 12.5. The fourth-order valence-corrected chi connectivity index (χ4v) is 2.96. The number of ether oxygens (including phenoxy) is 2. The molecule has 156 valence electrons. The summed E-state index contributed by atoms with van der Waals surface area (Å²) >= 11 is 0. The number of methoxy groups -OCH3 is 2. The number of hydrogen-bond acceptors (Lipinski definition) is 5. The Morgan fingerprint density at radius 3 is 2.57 bits per heavy atom. The first kappa shape index (κ1) is 20.9. The molecular formula is C22H24N4O4. The summed E-state index contributed by atoms with van der Waals surface area (Å²) in [5, 5.41) is 7.19. The van der Waals surface area contributed by atoms with Crippen molar-refractivity contribution in [2.75, 3.05) is 21.3 Å². The lowest BCUT2D eigenvalue weighted by atomic mass is 10.1. The summed E-state index contributed by atoms with van der Waals surface area (Å²) in [5.41, 5.74) is 2.94. The molecular weight excluding hydrogens is 384 g/mol. The average molecular weight is 408 g/mol. The number of esters is 1. The smallest absolute Gasteiger partial charge is 0.341 e. The minimum atomic E-state index is -0.493. The summed E-state index contributed by atoms with van der Waals surface area (Å²) in [5.74, 6) is -0.0722. The highest BCUT2D eigenvalue weighted by Gasteiger charge is 2.15. The molecule has 30 heavy (non-hydrogen) atoms. The van der Waals surface area contributed by atoms with Crippen LogP contribution in [0.25, 0.3) is 5.69 Å². The Morgan fingerprint density at radius 2 is 1.87 bits per heavy atom. The van der Waals surface area contributed by atoms with Gasteiger partial charge in [-0.3, -0.25) is 0 Å². The second-order valence-corrected chi connectivity index (χ2v) is 6.67. The SMILES string of the molecule is COC(=O)c1cc(CNC(=O)N(C)Cc2cnn(-c3ccccc3)c2)ccc1OC. The van der Waals surface area contributed by atoms with Crippen LogP contribution in [0.5, 0.6) is 5.75 Å². The van der Waals surface area contributed by atoms with Crippen LogP contribution in [-0.4, -0.2) is 47.9 Å². The molecule has 0 spiro atoms. The van der Waals surface area contributed by atoms with Gasteiger partial charge in [0.05, 0.1) is 32.6 Å². The molecule has 0 unspecified atom stereocenters. The summed E-state index contributed by atoms with van der Waals surface area (Å²) in [4.78, 5) is 25.9. The van der Waals surface area contributed by atoms with Gasteiger partial charge in [-0.15, -0.1) is 0 Å². The third-order valence-corrected chi connectivity index (χ3v) is 4.54. The largest absolute Gasteiger partial charge is 0.496 e. The number of nitrogens with zero attached hydrogens (tertiary/aromatic N) is 3. The van der Waals surface area contributed by atoms with Crippen LogP contribution in [0.1, 0.15) is 21.5 Å². The van der Waals surface area contributed by atoms with Gasteiger partial charge in [-0.05, 0) is 29.8 Å². The number of hydrogen-bond donors (Lipinski definition) is 1. The van der Waals surface area contributed by atoms with Gasteiger partial charge < -0.3 is 19.7 Å². The third kappa shape index (κ3) is 4.96. The molecule has 1 heterocycles. The number of rotatable bonds is 7. The molecule has 0 aliphatic carbocycles. The molecule has 0 bridgehead atoms. The van der Waals surface area contributed by atoms with Crippen LogP contribution >= 0.6 is 0 Å². The Balaban J connectivity index is 1.59. The molecule has 0 fully saturated rings. The lowest BCUT2D eigenvalue weighted by Crippen LogP contribution is -2.36. The standard InChI is InChI=1S/C22H24N4O4/c1-25(14-17-13-24-26(15-17)18-7-5-4-6-8-18)22(28)23-12-16-9-10-20(29-2)19(11-16)21(27)30-3/h4-11,13,15H,12,14H2,1-3H3,(H,23,28). The van der Waals surface area contributed by atoms with Gasteiger partial charge in [0, 0.05) is 25.4 Å². The second-order valence-electron chi connectivity index (χ2n) is 6.67. The first-order chi connectivity index (χ1) is 14.5. The molecule has 8 nitrogen and oxygen atoms in total. The highest BCUT2D eigenvalue weighted by molar-refractivity contribution is 5.92. The summed E-state index contributed by atoms with van der Waals surface area (Å²) in [6.45, 7) is 0.676. The van der Waals surface area contributed by atoms with E-state index in [4.69, 9.17) is 9.47 Å². The van der Waals surface area contributed by atoms with E-state index in [-0.39, 0.29) is 12.6 Å². The minimum absolute atomic E-state index is 0.238. The van der Waals surface area contributed by atoms with Crippen molar-refractivity contribution in [1.29, 1.82) is 0 Å². The van der Waals surface area contributed by atoms with Gasteiger partial charge in [-0.2, -0.15) is 5.10 Å². The van der Waals surface area contributed by atoms with Crippen molar-refractivity contribution in [2.45, 2.75) is 13.1 Å². The summed E-state index contributed by atoms with van der Waals surface area (Å²) in [6, 6.07) is 14.6. The number of carbonyl (C=O) groups is 2. The molecule has 0 atom stereocenters. The molecule has 1 N–H and O–H groups in total. The fraction of sp³-hybridized carbons (Fsp3) is 0.227. The second kappa shape index (κ2) is 9.60. The topological polar surface area (TPSA) is 85.7 Å². The number of nitrogens with one attached hydrogen (secondary N) is 1. The zero-order chi connectivity index (χ0) is 21.5. The minimum Gasteiger partial charge on any atom is -0.496 e. The molecule has 0 saturated carbocycles. The van der Waals surface area contributed by atoms with E-state index in [1.165, 1.54) is 14.2 Å². The van der Waals surface area contributed by atoms with Crippen molar-refractivity contribution in [3.8, 4) is 11.4 Å². The Kier molecular flexibility index (Phi) is 6.69. The zero-order valence-electron chi connectivity index (χ0n) is 17.2. The van der Waals surface area contributed by atoms with E-state index >= 15 is 0 Å². The lowest BCUT2D eigenvalue weighted by Gasteiger charge is -2.17. The van der Waals surface area contributed by atoms with Crippen molar-refractivity contribution < 1.29 is 19.1 Å². The van der Waals surface area contributed by atoms with Crippen molar-refractivity contribution in [3.63, 3.8) is 0 Å². The molecule has 8 heteroatoms. The normalized spacial score (nSPS) is 10.4. The molecule has 0 radical (unpaired) electrons. The predicted octanol–water partition coefficient (Wildman–Crippen LogP) is 3.01. The van der Waals surface area contributed by atoms with Gasteiger partial charge >= 0.3 is 12.0 Å². The third-order valence-electron chi connectivity index (χ3n) is 4.54. The van der Waals surface area contributed by atoms with Crippen LogP contribution in [0.2, 0.25) is 0 Å². The molecule has 3 aromatic rings. The molecule has 2 amide bonds. The van der Waals surface area contributed by atoms with Crippen molar-refractivity contribution in [3.05, 3.63) is 77.6 Å². The summed E-state index contributed by atoms with van der Waals surface area (Å²) < 4.78 is 11.7. The Hall–Kier alpha value is -3.81. The lowest BCUT2D eigenvalue weighted by molar-refractivity contribution is 0.0597. The van der Waals surface area contributed by atoms with E-state index in [0.29, 0.717) is 17.9 Å². The van der Waals surface area contributed by atoms with Gasteiger partial charge in [0.15, 0.2) is 0 Å². The quantitative estimate of drug-likeness (QED) is 0.608. The van der Waals surface area contributed by atoms with E-state index in [9.17, 15) is 9.59 Å². The molecule has 0 aliphatic heterocycles. The van der Waals surface area contributed by atoms with Crippen molar-refractivity contribution >= 4 is 12.0 Å². The molecule has 2 aromatic carbocycles. The average Bonchev–Trinajstić information content (AvgIpc) is 3.25. The number of aromatic nitrogens is 2. The highest BCUT2D eigenvalue weighted by Crippen LogP contribution is 2.20. The van der Waals surface area contributed by atoms with Gasteiger partial charge in [0.25, 0.3) is 0 Å². The molecule has 0 saturated heterocycles. The zero-order valence-corrected chi connectivity index (χ0v) is 17.2. The predicted molar refractivity (Wildman–Crippen MR) is 112 cm³/mol. The fourth-order valence-electron chi connectivity index (χ4n) is 2.96. The van der Waals surface area contributed by atoms with Crippen LogP contribution in [0.15, 0.2) is 60.9 Å². The number of benzene rings is 2. The number of amides is 2. The van der Waals surface area contributed by atoms with Crippen LogP contribution in [0.4, 0.5) is 4.79 Å². The van der Waals surface area contributed by atoms with E-state index in [1.54, 1.807) is 41.0 Å². The molecule has 0 aliphatic rings. The Labute approximate surface area is 175 Å². The number of urea groups is 1. The van der Waals surface area contributed by atoms with Gasteiger partial charge in [-0.1, -0.05) is 24.3 Å². The Morgan fingerprint density at radius 1 is 1.10 bits per heavy atom. The van der Waals surface area contributed by atoms with Crippen LogP contribution in [0, 0.1) is 0 Å². The van der Waals surface area contributed by atoms with Crippen LogP contribution in [-0.2, 0) is 17.8 Å². The Bertz CT molecular complexity index is 1020. The van der Waals surface area contributed by atoms with Crippen molar-refractivity contribution in [2.24, 2.45) is 0 Å². The van der Waals surface area contributed by atoms with Crippen LogP contribution in [0.3, 0.4) is 0 Å². The highest BCUT2D eigenvalue weighted by atomic mass is 16.5. The number of carbonyl (C=O) groups excluding carboxylic acids is 2. The van der Waals surface area contributed by atoms with Crippen molar-refractivity contribution in [1.82, 2.24) is 20.0 Å². The van der Waals surface area contributed by atoms with Gasteiger partial charge in [0.2, 0.25) is 0 Å². The van der Waals surface area contributed by atoms with E-state index in [0.717, 1.165) is 16.8 Å². The van der Waals surface area contributed by atoms with E-state index in [1.807, 2.05) is 36.5 Å². The maximum Gasteiger partial charge on any atom is 0.341 e. The first-order valence-electron chi connectivity index (χ1n) is 9.35.